The van der Waals surface area contributed by atoms with Crippen molar-refractivity contribution >= 4 is 17.7 Å². The molecule has 2 N–H and O–H groups in total. The number of anilines is 1. The summed E-state index contributed by atoms with van der Waals surface area (Å²) in [5.41, 5.74) is -0.342. The molecule has 1 aliphatic rings. The van der Waals surface area contributed by atoms with Crippen molar-refractivity contribution in [3.05, 3.63) is 29.8 Å². The maximum atomic E-state index is 13.4. The van der Waals surface area contributed by atoms with Gasteiger partial charge in [-0.2, -0.15) is 0 Å². The lowest BCUT2D eigenvalue weighted by molar-refractivity contribution is -0.147. The molecule has 1 aromatic rings. The standard InChI is InChI=1S/C12H12F2N2O4/c13-7-1-2-8(14)9(5-7)15-12(19)16-3-4-20-6-10(16)11(17)18/h1-2,5,10H,3-4,6H2,(H,15,19)(H,17,18). The summed E-state index contributed by atoms with van der Waals surface area (Å²) in [4.78, 5) is 24.0. The van der Waals surface area contributed by atoms with E-state index < -0.39 is 29.7 Å². The highest BCUT2D eigenvalue weighted by atomic mass is 19.1. The summed E-state index contributed by atoms with van der Waals surface area (Å²) in [6.45, 7) is 0.0942. The van der Waals surface area contributed by atoms with Crippen LogP contribution in [0.3, 0.4) is 0 Å². The van der Waals surface area contributed by atoms with Gasteiger partial charge in [-0.15, -0.1) is 0 Å². The zero-order valence-corrected chi connectivity index (χ0v) is 10.3. The predicted octanol–water partition coefficient (Wildman–Crippen LogP) is 1.28. The molecular formula is C12H12F2N2O4. The van der Waals surface area contributed by atoms with Crippen LogP contribution in [0.15, 0.2) is 18.2 Å². The minimum Gasteiger partial charge on any atom is -0.480 e. The molecule has 0 saturated carbocycles. The van der Waals surface area contributed by atoms with Gasteiger partial charge in [0.15, 0.2) is 6.04 Å². The third-order valence-electron chi connectivity index (χ3n) is 2.84. The van der Waals surface area contributed by atoms with E-state index in [9.17, 15) is 18.4 Å². The number of carboxylic acid groups (broad SMARTS) is 1. The van der Waals surface area contributed by atoms with E-state index in [1.165, 1.54) is 0 Å². The average Bonchev–Trinajstić information content (AvgIpc) is 2.42. The SMILES string of the molecule is O=C(O)C1COCCN1C(=O)Nc1cc(F)ccc1F. The molecule has 0 radical (unpaired) electrons. The molecule has 2 rings (SSSR count). The fourth-order valence-electron chi connectivity index (χ4n) is 1.83. The van der Waals surface area contributed by atoms with Gasteiger partial charge < -0.3 is 20.1 Å². The van der Waals surface area contributed by atoms with Gasteiger partial charge in [-0.3, -0.25) is 0 Å². The highest BCUT2D eigenvalue weighted by molar-refractivity contribution is 5.92. The smallest absolute Gasteiger partial charge is 0.328 e. The molecule has 1 heterocycles. The molecule has 0 spiro atoms. The molecule has 6 nitrogen and oxygen atoms in total. The van der Waals surface area contributed by atoms with Crippen molar-refractivity contribution in [2.45, 2.75) is 6.04 Å². The number of halogens is 2. The number of carbonyl (C=O) groups excluding carboxylic acids is 1. The zero-order valence-electron chi connectivity index (χ0n) is 10.3. The van der Waals surface area contributed by atoms with E-state index >= 15 is 0 Å². The van der Waals surface area contributed by atoms with Gasteiger partial charge in [-0.25, -0.2) is 18.4 Å². The lowest BCUT2D eigenvalue weighted by Gasteiger charge is -2.32. The van der Waals surface area contributed by atoms with Crippen molar-refractivity contribution in [1.82, 2.24) is 4.90 Å². The van der Waals surface area contributed by atoms with Gasteiger partial charge in [0.2, 0.25) is 0 Å². The highest BCUT2D eigenvalue weighted by Crippen LogP contribution is 2.17. The van der Waals surface area contributed by atoms with Crippen LogP contribution in [0, 0.1) is 11.6 Å². The molecule has 1 aliphatic heterocycles. The number of hydrogen-bond acceptors (Lipinski definition) is 3. The number of nitrogens with one attached hydrogen (secondary N) is 1. The molecule has 1 atom stereocenters. The summed E-state index contributed by atoms with van der Waals surface area (Å²) in [6.07, 6.45) is 0. The number of urea groups is 1. The first-order valence-electron chi connectivity index (χ1n) is 5.82. The van der Waals surface area contributed by atoms with Crippen molar-refractivity contribution in [3.63, 3.8) is 0 Å². The maximum absolute atomic E-state index is 13.4. The second kappa shape index (κ2) is 5.83. The van der Waals surface area contributed by atoms with Gasteiger partial charge in [-0.1, -0.05) is 0 Å². The van der Waals surface area contributed by atoms with Crippen molar-refractivity contribution in [3.8, 4) is 0 Å². The lowest BCUT2D eigenvalue weighted by Crippen LogP contribution is -2.54. The van der Waals surface area contributed by atoms with Gasteiger partial charge >= 0.3 is 12.0 Å². The van der Waals surface area contributed by atoms with Crippen LogP contribution in [0.4, 0.5) is 19.3 Å². The zero-order chi connectivity index (χ0) is 14.7. The monoisotopic (exact) mass is 286 g/mol. The van der Waals surface area contributed by atoms with Crippen LogP contribution < -0.4 is 5.32 Å². The van der Waals surface area contributed by atoms with Crippen LogP contribution >= 0.6 is 0 Å². The van der Waals surface area contributed by atoms with E-state index in [-0.39, 0.29) is 25.4 Å². The summed E-state index contributed by atoms with van der Waals surface area (Å²) in [6, 6.07) is 0.646. The fraction of sp³-hybridized carbons (Fsp3) is 0.333. The highest BCUT2D eigenvalue weighted by Gasteiger charge is 2.33. The van der Waals surface area contributed by atoms with Crippen LogP contribution in [0.5, 0.6) is 0 Å². The number of aliphatic carboxylic acids is 1. The van der Waals surface area contributed by atoms with Gasteiger partial charge in [0.25, 0.3) is 0 Å². The lowest BCUT2D eigenvalue weighted by atomic mass is 10.2. The number of rotatable bonds is 2. The number of hydrogen-bond donors (Lipinski definition) is 2. The first-order chi connectivity index (χ1) is 9.49. The summed E-state index contributed by atoms with van der Waals surface area (Å²) in [7, 11) is 0. The predicted molar refractivity (Wildman–Crippen MR) is 64.3 cm³/mol. The van der Waals surface area contributed by atoms with Crippen LogP contribution in [0.25, 0.3) is 0 Å². The van der Waals surface area contributed by atoms with Gasteiger partial charge in [0, 0.05) is 12.6 Å². The molecule has 2 amide bonds. The number of nitrogens with zero attached hydrogens (tertiary/aromatic N) is 1. The quantitative estimate of drug-likeness (QED) is 0.858. The first kappa shape index (κ1) is 14.2. The molecule has 20 heavy (non-hydrogen) atoms. The van der Waals surface area contributed by atoms with Crippen molar-refractivity contribution < 1.29 is 28.2 Å². The first-order valence-corrected chi connectivity index (χ1v) is 5.82. The molecule has 1 fully saturated rings. The van der Waals surface area contributed by atoms with Crippen molar-refractivity contribution in [2.24, 2.45) is 0 Å². The molecule has 0 aliphatic carbocycles. The molecule has 8 heteroatoms. The number of amides is 2. The Labute approximate surface area is 112 Å². The number of carbonyl (C=O) groups is 2. The van der Waals surface area contributed by atoms with E-state index in [0.29, 0.717) is 0 Å². The molecule has 0 aromatic heterocycles. The summed E-state index contributed by atoms with van der Waals surface area (Å²) in [5.74, 6) is -2.74. The molecule has 0 bridgehead atoms. The number of carboxylic acids is 1. The van der Waals surface area contributed by atoms with Crippen LogP contribution in [0.1, 0.15) is 0 Å². The topological polar surface area (TPSA) is 78.9 Å². The largest absolute Gasteiger partial charge is 0.480 e. The van der Waals surface area contributed by atoms with Crippen molar-refractivity contribution in [1.29, 1.82) is 0 Å². The summed E-state index contributed by atoms with van der Waals surface area (Å²) in [5, 5.41) is 11.1. The fourth-order valence-corrected chi connectivity index (χ4v) is 1.83. The van der Waals surface area contributed by atoms with Crippen LogP contribution in [-0.4, -0.2) is 47.8 Å². The molecule has 1 saturated heterocycles. The minimum absolute atomic E-state index is 0.0553. The Kier molecular flexibility index (Phi) is 4.14. The van der Waals surface area contributed by atoms with E-state index in [0.717, 1.165) is 23.1 Å². The van der Waals surface area contributed by atoms with Crippen molar-refractivity contribution in [2.75, 3.05) is 25.1 Å². The second-order valence-electron chi connectivity index (χ2n) is 4.18. The molecule has 1 unspecified atom stereocenters. The van der Waals surface area contributed by atoms with E-state index in [4.69, 9.17) is 9.84 Å². The summed E-state index contributed by atoms with van der Waals surface area (Å²) >= 11 is 0. The third-order valence-corrected chi connectivity index (χ3v) is 2.84. The molecule has 108 valence electrons. The van der Waals surface area contributed by atoms with E-state index in [1.54, 1.807) is 0 Å². The number of benzene rings is 1. The minimum atomic E-state index is -1.22. The average molecular weight is 286 g/mol. The second-order valence-corrected chi connectivity index (χ2v) is 4.18. The van der Waals surface area contributed by atoms with Gasteiger partial charge in [0.1, 0.15) is 11.6 Å². The summed E-state index contributed by atoms with van der Waals surface area (Å²) < 4.78 is 31.4. The normalized spacial score (nSPS) is 18.7. The Morgan fingerprint density at radius 3 is 2.85 bits per heavy atom. The van der Waals surface area contributed by atoms with Gasteiger partial charge in [-0.05, 0) is 12.1 Å². The maximum Gasteiger partial charge on any atom is 0.328 e. The molecular weight excluding hydrogens is 274 g/mol. The Bertz CT molecular complexity index is 538. The van der Waals surface area contributed by atoms with E-state index in [2.05, 4.69) is 5.32 Å². The number of morpholine rings is 1. The Morgan fingerprint density at radius 2 is 2.15 bits per heavy atom. The van der Waals surface area contributed by atoms with Crippen LogP contribution in [0.2, 0.25) is 0 Å². The number of ether oxygens (including phenoxy) is 1. The molecule has 1 aromatic carbocycles. The Balaban J connectivity index is 2.14. The third kappa shape index (κ3) is 3.02. The van der Waals surface area contributed by atoms with Gasteiger partial charge in [0.05, 0.1) is 18.9 Å². The van der Waals surface area contributed by atoms with E-state index in [1.807, 2.05) is 0 Å². The van der Waals surface area contributed by atoms with Crippen LogP contribution in [-0.2, 0) is 9.53 Å². The Morgan fingerprint density at radius 1 is 1.40 bits per heavy atom. The Hall–Kier alpha value is -2.22.